The number of nitrogens with zero attached hydrogens (tertiary/aromatic N) is 3. The highest BCUT2D eigenvalue weighted by Crippen LogP contribution is 1.93. The Hall–Kier alpha value is -1.10. The number of anilines is 1. The highest BCUT2D eigenvalue weighted by Gasteiger charge is 1.96. The molecule has 0 spiro atoms. The second kappa shape index (κ2) is 3.34. The fraction of sp³-hybridized carbons (Fsp3) is 0.667. The van der Waals surface area contributed by atoms with Crippen LogP contribution in [0.4, 0.5) is 5.95 Å². The quantitative estimate of drug-likeness (QED) is 0.680. The first kappa shape index (κ1) is 8.00. The van der Waals surface area contributed by atoms with Gasteiger partial charge in [-0.2, -0.15) is 0 Å². The second-order valence-corrected chi connectivity index (χ2v) is 2.49. The Kier molecular flexibility index (Phi) is 2.43. The minimum atomic E-state index is 0.195. The van der Waals surface area contributed by atoms with E-state index in [1.54, 1.807) is 4.68 Å². The summed E-state index contributed by atoms with van der Waals surface area (Å²) < 4.78 is 6.80. The van der Waals surface area contributed by atoms with Crippen molar-refractivity contribution in [1.29, 1.82) is 0 Å². The van der Waals surface area contributed by atoms with E-state index in [-0.39, 0.29) is 12.1 Å². The molecule has 0 atom stereocenters. The van der Waals surface area contributed by atoms with Crippen LogP contribution in [-0.4, -0.2) is 20.9 Å². The van der Waals surface area contributed by atoms with Crippen molar-refractivity contribution >= 4 is 5.95 Å². The Bertz CT molecular complexity index is 220. The molecule has 0 aliphatic heterocycles. The lowest BCUT2D eigenvalue weighted by molar-refractivity contribution is 0.0220. The summed E-state index contributed by atoms with van der Waals surface area (Å²) in [6, 6.07) is 0. The Morgan fingerprint density at radius 3 is 2.91 bits per heavy atom. The van der Waals surface area contributed by atoms with Crippen LogP contribution in [0.15, 0.2) is 6.33 Å². The van der Waals surface area contributed by atoms with Crippen molar-refractivity contribution in [1.82, 2.24) is 14.8 Å². The standard InChI is InChI=1S/C6H12N4O/c1-5(2)11-4-10-3-8-6(7)9-10/h3,5H,4H2,1-2H3,(H2,7,9). The Morgan fingerprint density at radius 2 is 2.45 bits per heavy atom. The molecule has 1 aromatic rings. The highest BCUT2D eigenvalue weighted by molar-refractivity contribution is 5.08. The normalized spacial score (nSPS) is 10.8. The molecule has 0 aromatic carbocycles. The minimum Gasteiger partial charge on any atom is -0.367 e. The van der Waals surface area contributed by atoms with Crippen LogP contribution in [-0.2, 0) is 11.5 Å². The molecular weight excluding hydrogens is 144 g/mol. The van der Waals surface area contributed by atoms with E-state index in [0.29, 0.717) is 6.73 Å². The van der Waals surface area contributed by atoms with E-state index in [0.717, 1.165) is 0 Å². The summed E-state index contributed by atoms with van der Waals surface area (Å²) in [5.41, 5.74) is 5.29. The number of hydrogen-bond acceptors (Lipinski definition) is 4. The number of rotatable bonds is 3. The topological polar surface area (TPSA) is 66.0 Å². The first-order valence-corrected chi connectivity index (χ1v) is 3.45. The largest absolute Gasteiger partial charge is 0.367 e. The Labute approximate surface area is 65.2 Å². The van der Waals surface area contributed by atoms with Gasteiger partial charge < -0.3 is 10.5 Å². The molecule has 0 bridgehead atoms. The maximum absolute atomic E-state index is 5.29. The molecule has 0 aliphatic rings. The van der Waals surface area contributed by atoms with Crippen LogP contribution in [0.5, 0.6) is 0 Å². The van der Waals surface area contributed by atoms with Crippen molar-refractivity contribution in [3.05, 3.63) is 6.33 Å². The lowest BCUT2D eigenvalue weighted by atomic mass is 10.5. The molecule has 11 heavy (non-hydrogen) atoms. The van der Waals surface area contributed by atoms with E-state index in [9.17, 15) is 0 Å². The molecule has 0 aliphatic carbocycles. The van der Waals surface area contributed by atoms with E-state index < -0.39 is 0 Å². The molecule has 1 heterocycles. The molecule has 62 valence electrons. The number of nitrogens with two attached hydrogens (primary N) is 1. The SMILES string of the molecule is CC(C)OCn1cnc(N)n1. The molecule has 2 N–H and O–H groups in total. The first-order chi connectivity index (χ1) is 5.18. The molecule has 5 heteroatoms. The van der Waals surface area contributed by atoms with Crippen LogP contribution in [0.1, 0.15) is 13.8 Å². The summed E-state index contributed by atoms with van der Waals surface area (Å²) in [7, 11) is 0. The number of hydrogen-bond donors (Lipinski definition) is 1. The molecule has 0 saturated carbocycles. The van der Waals surface area contributed by atoms with Gasteiger partial charge in [0.25, 0.3) is 0 Å². The number of aromatic nitrogens is 3. The summed E-state index contributed by atoms with van der Waals surface area (Å²) in [6.07, 6.45) is 1.73. The summed E-state index contributed by atoms with van der Waals surface area (Å²) in [6.45, 7) is 4.32. The maximum atomic E-state index is 5.29. The van der Waals surface area contributed by atoms with E-state index in [1.165, 1.54) is 6.33 Å². The van der Waals surface area contributed by atoms with E-state index in [1.807, 2.05) is 13.8 Å². The number of ether oxygens (including phenoxy) is 1. The summed E-state index contributed by atoms with van der Waals surface area (Å²) in [5.74, 6) is 0.275. The molecule has 0 radical (unpaired) electrons. The second-order valence-electron chi connectivity index (χ2n) is 2.49. The summed E-state index contributed by atoms with van der Waals surface area (Å²) >= 11 is 0. The minimum absolute atomic E-state index is 0.195. The van der Waals surface area contributed by atoms with E-state index in [2.05, 4.69) is 10.1 Å². The average molecular weight is 156 g/mol. The highest BCUT2D eigenvalue weighted by atomic mass is 16.5. The van der Waals surface area contributed by atoms with Crippen LogP contribution in [0.25, 0.3) is 0 Å². The van der Waals surface area contributed by atoms with Gasteiger partial charge in [-0.25, -0.2) is 9.67 Å². The average Bonchev–Trinajstić information content (AvgIpc) is 2.31. The Morgan fingerprint density at radius 1 is 1.73 bits per heavy atom. The van der Waals surface area contributed by atoms with Crippen molar-refractivity contribution in [2.75, 3.05) is 5.73 Å². The fourth-order valence-corrected chi connectivity index (χ4v) is 0.597. The van der Waals surface area contributed by atoms with Crippen LogP contribution >= 0.6 is 0 Å². The van der Waals surface area contributed by atoms with E-state index in [4.69, 9.17) is 10.5 Å². The summed E-state index contributed by atoms with van der Waals surface area (Å²) in [5, 5.41) is 3.84. The number of nitrogen functional groups attached to an aromatic ring is 1. The third-order valence-corrected chi connectivity index (χ3v) is 1.09. The van der Waals surface area contributed by atoms with Gasteiger partial charge in [0.2, 0.25) is 5.95 Å². The maximum Gasteiger partial charge on any atom is 0.239 e. The first-order valence-electron chi connectivity index (χ1n) is 3.45. The van der Waals surface area contributed by atoms with Crippen molar-refractivity contribution in [2.45, 2.75) is 26.7 Å². The van der Waals surface area contributed by atoms with E-state index >= 15 is 0 Å². The van der Waals surface area contributed by atoms with Crippen molar-refractivity contribution in [3.63, 3.8) is 0 Å². The molecule has 1 aromatic heterocycles. The van der Waals surface area contributed by atoms with Crippen LogP contribution in [0.3, 0.4) is 0 Å². The zero-order valence-electron chi connectivity index (χ0n) is 6.69. The van der Waals surface area contributed by atoms with Gasteiger partial charge >= 0.3 is 0 Å². The molecule has 0 amide bonds. The van der Waals surface area contributed by atoms with Crippen LogP contribution in [0, 0.1) is 0 Å². The monoisotopic (exact) mass is 156 g/mol. The third-order valence-electron chi connectivity index (χ3n) is 1.09. The van der Waals surface area contributed by atoms with Gasteiger partial charge in [-0.3, -0.25) is 0 Å². The van der Waals surface area contributed by atoms with Gasteiger partial charge in [0.05, 0.1) is 6.10 Å². The zero-order valence-corrected chi connectivity index (χ0v) is 6.69. The van der Waals surface area contributed by atoms with Gasteiger partial charge in [-0.15, -0.1) is 5.10 Å². The van der Waals surface area contributed by atoms with Crippen LogP contribution in [0.2, 0.25) is 0 Å². The predicted molar refractivity (Wildman–Crippen MR) is 40.7 cm³/mol. The molecule has 0 fully saturated rings. The lowest BCUT2D eigenvalue weighted by Gasteiger charge is -2.05. The fourth-order valence-electron chi connectivity index (χ4n) is 0.597. The van der Waals surface area contributed by atoms with Crippen LogP contribution < -0.4 is 5.73 Å². The van der Waals surface area contributed by atoms with Gasteiger partial charge in [0, 0.05) is 0 Å². The summed E-state index contributed by atoms with van der Waals surface area (Å²) in [4.78, 5) is 3.74. The van der Waals surface area contributed by atoms with Gasteiger partial charge in [-0.1, -0.05) is 0 Å². The zero-order chi connectivity index (χ0) is 8.27. The smallest absolute Gasteiger partial charge is 0.239 e. The molecule has 1 rings (SSSR count). The molecule has 0 saturated heterocycles. The third kappa shape index (κ3) is 2.55. The van der Waals surface area contributed by atoms with Crippen molar-refractivity contribution in [3.8, 4) is 0 Å². The van der Waals surface area contributed by atoms with Crippen molar-refractivity contribution in [2.24, 2.45) is 0 Å². The molecule has 0 unspecified atom stereocenters. The van der Waals surface area contributed by atoms with Crippen molar-refractivity contribution < 1.29 is 4.74 Å². The Balaban J connectivity index is 2.39. The van der Waals surface area contributed by atoms with Gasteiger partial charge in [0.15, 0.2) is 0 Å². The molecule has 5 nitrogen and oxygen atoms in total. The predicted octanol–water partition coefficient (Wildman–Crippen LogP) is 0.243. The van der Waals surface area contributed by atoms with Gasteiger partial charge in [-0.05, 0) is 13.8 Å². The lowest BCUT2D eigenvalue weighted by Crippen LogP contribution is -2.08. The van der Waals surface area contributed by atoms with Gasteiger partial charge in [0.1, 0.15) is 13.1 Å². The molecular formula is C6H12N4O.